The predicted octanol–water partition coefficient (Wildman–Crippen LogP) is 2.63. The van der Waals surface area contributed by atoms with Crippen molar-refractivity contribution in [1.29, 1.82) is 0 Å². The molecular formula is C16H32N2O2. The minimum absolute atomic E-state index is 0.0124. The molecule has 118 valence electrons. The molecule has 3 unspecified atom stereocenters. The average Bonchev–Trinajstić information content (AvgIpc) is 2.71. The van der Waals surface area contributed by atoms with Crippen LogP contribution in [0.2, 0.25) is 0 Å². The minimum Gasteiger partial charge on any atom is -0.379 e. The van der Waals surface area contributed by atoms with Gasteiger partial charge < -0.3 is 9.64 Å². The third kappa shape index (κ3) is 4.74. The first-order chi connectivity index (χ1) is 9.51. The third-order valence-corrected chi connectivity index (χ3v) is 4.00. The van der Waals surface area contributed by atoms with Crippen LogP contribution >= 0.6 is 0 Å². The highest BCUT2D eigenvalue weighted by Gasteiger charge is 2.39. The van der Waals surface area contributed by atoms with Crippen molar-refractivity contribution >= 4 is 5.91 Å². The molecule has 1 rings (SSSR count). The van der Waals surface area contributed by atoms with E-state index in [1.807, 2.05) is 4.90 Å². The summed E-state index contributed by atoms with van der Waals surface area (Å²) < 4.78 is 5.63. The summed E-state index contributed by atoms with van der Waals surface area (Å²) in [4.78, 5) is 14.5. The molecule has 0 aliphatic carbocycles. The van der Waals surface area contributed by atoms with Gasteiger partial charge in [-0.2, -0.15) is 0 Å². The zero-order valence-electron chi connectivity index (χ0n) is 13.8. The Morgan fingerprint density at radius 3 is 2.55 bits per heavy atom. The molecule has 0 radical (unpaired) electrons. The van der Waals surface area contributed by atoms with Gasteiger partial charge in [-0.3, -0.25) is 10.1 Å². The predicted molar refractivity (Wildman–Crippen MR) is 82.4 cm³/mol. The molecule has 0 aromatic heterocycles. The summed E-state index contributed by atoms with van der Waals surface area (Å²) in [6.07, 6.45) is 3.32. The highest BCUT2D eigenvalue weighted by molar-refractivity contribution is 5.84. The van der Waals surface area contributed by atoms with E-state index in [2.05, 4.69) is 39.9 Å². The lowest BCUT2D eigenvalue weighted by molar-refractivity contribution is -0.131. The molecule has 1 fully saturated rings. The summed E-state index contributed by atoms with van der Waals surface area (Å²) in [5.41, 5.74) is 0. The van der Waals surface area contributed by atoms with Crippen molar-refractivity contribution in [1.82, 2.24) is 10.2 Å². The van der Waals surface area contributed by atoms with E-state index >= 15 is 0 Å². The first-order valence-corrected chi connectivity index (χ1v) is 8.15. The van der Waals surface area contributed by atoms with Crippen molar-refractivity contribution in [2.24, 2.45) is 11.8 Å². The standard InChI is InChI=1S/C16H32N2O2/c1-6-8-14-17-15(13(5)7-2)16(19)18(14)9-10-20-11-12(3)4/h12-15,17H,6-11H2,1-5H3. The number of hydrogen-bond donors (Lipinski definition) is 1. The van der Waals surface area contributed by atoms with Gasteiger partial charge in [-0.1, -0.05) is 47.5 Å². The molecule has 4 heteroatoms. The van der Waals surface area contributed by atoms with Crippen LogP contribution in [0.25, 0.3) is 0 Å². The number of carbonyl (C=O) groups is 1. The Morgan fingerprint density at radius 1 is 1.30 bits per heavy atom. The van der Waals surface area contributed by atoms with Crippen LogP contribution in [0.5, 0.6) is 0 Å². The molecule has 1 heterocycles. The SMILES string of the molecule is CCCC1NC(C(C)CC)C(=O)N1CCOCC(C)C. The topological polar surface area (TPSA) is 41.6 Å². The molecule has 4 nitrogen and oxygen atoms in total. The largest absolute Gasteiger partial charge is 0.379 e. The summed E-state index contributed by atoms with van der Waals surface area (Å²) in [6.45, 7) is 12.8. The number of ether oxygens (including phenoxy) is 1. The summed E-state index contributed by atoms with van der Waals surface area (Å²) >= 11 is 0. The van der Waals surface area contributed by atoms with Gasteiger partial charge in [-0.05, 0) is 18.3 Å². The Balaban J connectivity index is 2.53. The van der Waals surface area contributed by atoms with Crippen LogP contribution in [0.1, 0.15) is 53.9 Å². The second kappa shape index (κ2) is 8.63. The maximum absolute atomic E-state index is 12.5. The molecule has 3 atom stereocenters. The highest BCUT2D eigenvalue weighted by atomic mass is 16.5. The molecule has 0 spiro atoms. The van der Waals surface area contributed by atoms with Crippen molar-refractivity contribution in [3.63, 3.8) is 0 Å². The van der Waals surface area contributed by atoms with Gasteiger partial charge in [0.05, 0.1) is 18.8 Å². The van der Waals surface area contributed by atoms with Crippen LogP contribution in [-0.2, 0) is 9.53 Å². The van der Waals surface area contributed by atoms with Crippen molar-refractivity contribution in [2.75, 3.05) is 19.8 Å². The normalized spacial score (nSPS) is 24.7. The van der Waals surface area contributed by atoms with Crippen LogP contribution in [-0.4, -0.2) is 42.8 Å². The summed E-state index contributed by atoms with van der Waals surface area (Å²) in [5.74, 6) is 1.19. The quantitative estimate of drug-likeness (QED) is 0.662. The van der Waals surface area contributed by atoms with Crippen molar-refractivity contribution in [3.8, 4) is 0 Å². The second-order valence-corrected chi connectivity index (χ2v) is 6.33. The van der Waals surface area contributed by atoms with E-state index in [0.29, 0.717) is 25.0 Å². The Hall–Kier alpha value is -0.610. The van der Waals surface area contributed by atoms with Crippen molar-refractivity contribution in [3.05, 3.63) is 0 Å². The fourth-order valence-corrected chi connectivity index (χ4v) is 2.60. The average molecular weight is 284 g/mol. The lowest BCUT2D eigenvalue weighted by Gasteiger charge is -2.24. The molecule has 20 heavy (non-hydrogen) atoms. The lowest BCUT2D eigenvalue weighted by atomic mass is 9.99. The van der Waals surface area contributed by atoms with Gasteiger partial charge in [0.2, 0.25) is 5.91 Å². The summed E-state index contributed by atoms with van der Waals surface area (Å²) in [5, 5.41) is 3.51. The fraction of sp³-hybridized carbons (Fsp3) is 0.938. The number of amides is 1. The molecule has 0 bridgehead atoms. The smallest absolute Gasteiger partial charge is 0.241 e. The maximum Gasteiger partial charge on any atom is 0.241 e. The lowest BCUT2D eigenvalue weighted by Crippen LogP contribution is -2.39. The van der Waals surface area contributed by atoms with E-state index < -0.39 is 0 Å². The van der Waals surface area contributed by atoms with E-state index in [0.717, 1.165) is 25.9 Å². The van der Waals surface area contributed by atoms with Gasteiger partial charge in [0.25, 0.3) is 0 Å². The summed E-state index contributed by atoms with van der Waals surface area (Å²) in [7, 11) is 0. The van der Waals surface area contributed by atoms with Gasteiger partial charge >= 0.3 is 0 Å². The van der Waals surface area contributed by atoms with Gasteiger partial charge in [0.1, 0.15) is 0 Å². The van der Waals surface area contributed by atoms with E-state index in [1.54, 1.807) is 0 Å². The number of hydrogen-bond acceptors (Lipinski definition) is 3. The van der Waals surface area contributed by atoms with Crippen LogP contribution < -0.4 is 5.32 Å². The van der Waals surface area contributed by atoms with Crippen LogP contribution in [0.15, 0.2) is 0 Å². The highest BCUT2D eigenvalue weighted by Crippen LogP contribution is 2.21. The Labute approximate surface area is 124 Å². The van der Waals surface area contributed by atoms with Crippen molar-refractivity contribution in [2.45, 2.75) is 66.1 Å². The molecule has 0 aromatic rings. The zero-order valence-corrected chi connectivity index (χ0v) is 13.8. The Morgan fingerprint density at radius 2 is 2.00 bits per heavy atom. The third-order valence-electron chi connectivity index (χ3n) is 4.00. The number of nitrogens with one attached hydrogen (secondary N) is 1. The zero-order chi connectivity index (χ0) is 15.1. The fourth-order valence-electron chi connectivity index (χ4n) is 2.60. The van der Waals surface area contributed by atoms with E-state index in [9.17, 15) is 4.79 Å². The summed E-state index contributed by atoms with van der Waals surface area (Å²) in [6, 6.07) is -0.0124. The van der Waals surface area contributed by atoms with Crippen LogP contribution in [0.3, 0.4) is 0 Å². The molecule has 1 amide bonds. The Bertz CT molecular complexity index is 294. The van der Waals surface area contributed by atoms with E-state index in [4.69, 9.17) is 4.74 Å². The molecule has 1 aliphatic heterocycles. The van der Waals surface area contributed by atoms with Gasteiger partial charge in [0, 0.05) is 13.2 Å². The molecular weight excluding hydrogens is 252 g/mol. The second-order valence-electron chi connectivity index (χ2n) is 6.33. The first kappa shape index (κ1) is 17.4. The minimum atomic E-state index is -0.0124. The van der Waals surface area contributed by atoms with Gasteiger partial charge in [-0.15, -0.1) is 0 Å². The van der Waals surface area contributed by atoms with Crippen LogP contribution in [0.4, 0.5) is 0 Å². The molecule has 1 aliphatic rings. The number of rotatable bonds is 9. The molecule has 0 saturated carbocycles. The molecule has 1 saturated heterocycles. The van der Waals surface area contributed by atoms with Crippen molar-refractivity contribution < 1.29 is 9.53 Å². The molecule has 1 N–H and O–H groups in total. The number of carbonyl (C=O) groups excluding carboxylic acids is 1. The number of nitrogens with zero attached hydrogens (tertiary/aromatic N) is 1. The monoisotopic (exact) mass is 284 g/mol. The van der Waals surface area contributed by atoms with Crippen LogP contribution in [0, 0.1) is 11.8 Å². The first-order valence-electron chi connectivity index (χ1n) is 8.15. The van der Waals surface area contributed by atoms with E-state index in [1.165, 1.54) is 0 Å². The molecule has 0 aromatic carbocycles. The Kier molecular flexibility index (Phi) is 7.52. The van der Waals surface area contributed by atoms with Gasteiger partial charge in [0.15, 0.2) is 0 Å². The van der Waals surface area contributed by atoms with E-state index in [-0.39, 0.29) is 18.1 Å². The van der Waals surface area contributed by atoms with Gasteiger partial charge in [-0.25, -0.2) is 0 Å². The maximum atomic E-state index is 12.5.